The van der Waals surface area contributed by atoms with E-state index in [9.17, 15) is 14.0 Å². The third-order valence-corrected chi connectivity index (χ3v) is 6.42. The molecule has 142 valence electrons. The fourth-order valence-corrected chi connectivity index (χ4v) is 4.79. The first kappa shape index (κ1) is 22.5. The predicted molar refractivity (Wildman–Crippen MR) is 100 cm³/mol. The molecule has 0 radical (unpaired) electrons. The van der Waals surface area contributed by atoms with Crippen molar-refractivity contribution in [2.45, 2.75) is 37.0 Å². The molecule has 0 amide bonds. The van der Waals surface area contributed by atoms with E-state index in [1.807, 2.05) is 30.0 Å². The molecule has 1 unspecified atom stereocenters. The van der Waals surface area contributed by atoms with Gasteiger partial charge in [-0.25, -0.2) is 0 Å². The van der Waals surface area contributed by atoms with Gasteiger partial charge >= 0.3 is 15.2 Å². The van der Waals surface area contributed by atoms with E-state index in [1.165, 1.54) is 4.90 Å². The molecule has 0 aliphatic heterocycles. The molecule has 1 aromatic carbocycles. The van der Waals surface area contributed by atoms with Crippen LogP contribution in [0, 0.1) is 0 Å². The summed E-state index contributed by atoms with van der Waals surface area (Å²) in [4.78, 5) is 28.2. The number of unbranched alkanes of at least 4 members (excludes halogenated alkanes) is 4. The highest BCUT2D eigenvalue weighted by molar-refractivity contribution is 7.99. The van der Waals surface area contributed by atoms with Gasteiger partial charge in [0.2, 0.25) is 0 Å². The molecule has 25 heavy (non-hydrogen) atoms. The summed E-state index contributed by atoms with van der Waals surface area (Å²) in [6, 6.07) is 10.2. The van der Waals surface area contributed by atoms with Crippen LogP contribution in [0.5, 0.6) is 0 Å². The number of thioether (sulfide) groups is 1. The van der Waals surface area contributed by atoms with E-state index in [0.717, 1.165) is 31.4 Å². The van der Waals surface area contributed by atoms with E-state index in [4.69, 9.17) is 20.0 Å². The van der Waals surface area contributed by atoms with Crippen molar-refractivity contribution >= 4 is 27.0 Å². The highest BCUT2D eigenvalue weighted by atomic mass is 32.2. The number of rotatable bonds is 12. The van der Waals surface area contributed by atoms with Crippen molar-refractivity contribution in [1.82, 2.24) is 0 Å². The Labute approximate surface area is 152 Å². The smallest absolute Gasteiger partial charge is 0.374 e. The maximum Gasteiger partial charge on any atom is 0.374 e. The zero-order valence-electron chi connectivity index (χ0n) is 13.9. The first-order valence-electron chi connectivity index (χ1n) is 7.90. The molecule has 0 aromatic heterocycles. The van der Waals surface area contributed by atoms with Crippen LogP contribution in [0.1, 0.15) is 32.1 Å². The summed E-state index contributed by atoms with van der Waals surface area (Å²) in [5.41, 5.74) is 4.39. The maximum absolute atomic E-state index is 11.7. The maximum atomic E-state index is 11.7. The molecular formula is C15H25NO6P2S. The summed E-state index contributed by atoms with van der Waals surface area (Å²) in [6.07, 6.45) is 4.58. The first-order valence-corrected chi connectivity index (χ1v) is 12.1. The third-order valence-electron chi connectivity index (χ3n) is 3.19. The molecule has 0 saturated heterocycles. The minimum Gasteiger partial charge on any atom is -0.392 e. The molecular weight excluding hydrogens is 384 g/mol. The van der Waals surface area contributed by atoms with Gasteiger partial charge in [0.25, 0.3) is 0 Å². The van der Waals surface area contributed by atoms with Crippen LogP contribution >= 0.6 is 27.0 Å². The Bertz CT molecular complexity index is 634. The Morgan fingerprint density at radius 3 is 2.28 bits per heavy atom. The number of hydrogen-bond acceptors (Lipinski definition) is 5. The predicted octanol–water partition coefficient (Wildman–Crippen LogP) is 3.87. The van der Waals surface area contributed by atoms with Crippen molar-refractivity contribution < 1.29 is 28.3 Å². The number of benzene rings is 1. The summed E-state index contributed by atoms with van der Waals surface area (Å²) in [5.74, 6) is 1.31. The van der Waals surface area contributed by atoms with Crippen LogP contribution in [0.2, 0.25) is 0 Å². The van der Waals surface area contributed by atoms with E-state index in [2.05, 4.69) is 12.1 Å². The summed E-state index contributed by atoms with van der Waals surface area (Å²) in [6.45, 7) is 0.0161. The highest BCUT2D eigenvalue weighted by Gasteiger charge is 2.26. The van der Waals surface area contributed by atoms with Gasteiger partial charge in [-0.15, -0.1) is 11.8 Å². The zero-order valence-corrected chi connectivity index (χ0v) is 16.5. The molecule has 0 fully saturated rings. The third kappa shape index (κ3) is 10.9. The van der Waals surface area contributed by atoms with Crippen molar-refractivity contribution in [3.8, 4) is 0 Å². The lowest BCUT2D eigenvalue weighted by molar-refractivity contribution is 0.258. The molecule has 10 heteroatoms. The Balaban J connectivity index is 2.09. The quantitative estimate of drug-likeness (QED) is 0.233. The van der Waals surface area contributed by atoms with Gasteiger partial charge in [0.05, 0.1) is 12.4 Å². The van der Waals surface area contributed by atoms with Crippen LogP contribution in [0.3, 0.4) is 0 Å². The van der Waals surface area contributed by atoms with Gasteiger partial charge < -0.3 is 24.9 Å². The Morgan fingerprint density at radius 2 is 1.64 bits per heavy atom. The van der Waals surface area contributed by atoms with E-state index in [-0.39, 0.29) is 12.4 Å². The van der Waals surface area contributed by atoms with Crippen molar-refractivity contribution in [1.29, 1.82) is 0 Å². The molecule has 1 rings (SSSR count). The molecule has 1 aromatic rings. The molecule has 0 saturated carbocycles. The minimum absolute atomic E-state index is 0.0161. The van der Waals surface area contributed by atoms with Gasteiger partial charge in [-0.3, -0.25) is 9.13 Å². The first-order chi connectivity index (χ1) is 11.7. The van der Waals surface area contributed by atoms with Gasteiger partial charge in [0.15, 0.2) is 0 Å². The lowest BCUT2D eigenvalue weighted by Crippen LogP contribution is -2.03. The largest absolute Gasteiger partial charge is 0.392 e. The van der Waals surface area contributed by atoms with Crippen LogP contribution in [0.4, 0.5) is 0 Å². The van der Waals surface area contributed by atoms with E-state index >= 15 is 0 Å². The average molecular weight is 409 g/mol. The van der Waals surface area contributed by atoms with E-state index in [0.29, 0.717) is 6.42 Å². The molecule has 0 heterocycles. The Hall–Kier alpha value is -0.590. The molecule has 0 aliphatic rings. The van der Waals surface area contributed by atoms with Crippen LogP contribution < -0.4 is 5.73 Å². The van der Waals surface area contributed by atoms with Crippen LogP contribution in [-0.4, -0.2) is 27.0 Å². The standard InChI is InChI=1S/C15H25NO6P2S/c16-15(13-23(17,18)19)24(20,21)22-11-7-2-1-3-8-12-25-14-9-5-4-6-10-14/h4-6,9-10,13H,1-3,7-8,11-12,16H2,(H,20,21)(H2,17,18,19). The molecule has 0 aliphatic carbocycles. The minimum atomic E-state index is -4.60. The second-order valence-electron chi connectivity index (χ2n) is 5.43. The average Bonchev–Trinajstić information content (AvgIpc) is 2.52. The summed E-state index contributed by atoms with van der Waals surface area (Å²) in [7, 11) is -8.94. The molecule has 1 atom stereocenters. The van der Waals surface area contributed by atoms with Crippen LogP contribution in [-0.2, 0) is 13.7 Å². The molecule has 0 bridgehead atoms. The van der Waals surface area contributed by atoms with E-state index in [1.54, 1.807) is 0 Å². The number of hydrogen-bond donors (Lipinski definition) is 4. The lowest BCUT2D eigenvalue weighted by atomic mass is 10.2. The van der Waals surface area contributed by atoms with Gasteiger partial charge in [-0.2, -0.15) is 0 Å². The second-order valence-corrected chi connectivity index (χ2v) is 9.85. The normalized spacial score (nSPS) is 15.1. The fraction of sp³-hybridized carbons (Fsp3) is 0.467. The highest BCUT2D eigenvalue weighted by Crippen LogP contribution is 2.52. The molecule has 5 N–H and O–H groups in total. The van der Waals surface area contributed by atoms with Crippen LogP contribution in [0.15, 0.2) is 46.5 Å². The Kier molecular flexibility index (Phi) is 10.1. The fourth-order valence-electron chi connectivity index (χ4n) is 1.95. The monoisotopic (exact) mass is 409 g/mol. The Morgan fingerprint density at radius 1 is 1.04 bits per heavy atom. The topological polar surface area (TPSA) is 130 Å². The van der Waals surface area contributed by atoms with Gasteiger partial charge in [0, 0.05) is 4.90 Å². The summed E-state index contributed by atoms with van der Waals surface area (Å²) in [5, 5.41) is 0. The molecule has 7 nitrogen and oxygen atoms in total. The number of nitrogens with two attached hydrogens (primary N) is 1. The van der Waals surface area contributed by atoms with Crippen molar-refractivity contribution in [2.24, 2.45) is 5.73 Å². The second kappa shape index (κ2) is 11.2. The zero-order chi connectivity index (χ0) is 18.8. The van der Waals surface area contributed by atoms with Crippen molar-refractivity contribution in [2.75, 3.05) is 12.4 Å². The van der Waals surface area contributed by atoms with Crippen LogP contribution in [0.25, 0.3) is 0 Å². The van der Waals surface area contributed by atoms with Gasteiger partial charge in [0.1, 0.15) is 5.44 Å². The summed E-state index contributed by atoms with van der Waals surface area (Å²) >= 11 is 1.82. The summed E-state index contributed by atoms with van der Waals surface area (Å²) < 4.78 is 27.2. The van der Waals surface area contributed by atoms with E-state index < -0.39 is 20.6 Å². The SMILES string of the molecule is NC(=CP(=O)(O)O)P(=O)(O)OCCCCCCCSc1ccccc1. The van der Waals surface area contributed by atoms with Crippen molar-refractivity contribution in [3.05, 3.63) is 41.6 Å². The lowest BCUT2D eigenvalue weighted by Gasteiger charge is -2.12. The van der Waals surface area contributed by atoms with Gasteiger partial charge in [-0.1, -0.05) is 37.5 Å². The van der Waals surface area contributed by atoms with Crippen molar-refractivity contribution in [3.63, 3.8) is 0 Å². The molecule has 0 spiro atoms. The van der Waals surface area contributed by atoms with Gasteiger partial charge in [-0.05, 0) is 30.7 Å².